The van der Waals surface area contributed by atoms with Crippen molar-refractivity contribution in [1.29, 1.82) is 0 Å². The van der Waals surface area contributed by atoms with Gasteiger partial charge in [0.2, 0.25) is 0 Å². The third-order valence-corrected chi connectivity index (χ3v) is 3.54. The average Bonchev–Trinajstić information content (AvgIpc) is 2.70. The van der Waals surface area contributed by atoms with Gasteiger partial charge in [0.25, 0.3) is 0 Å². The van der Waals surface area contributed by atoms with E-state index in [1.54, 1.807) is 18.4 Å². The van der Waals surface area contributed by atoms with Crippen molar-refractivity contribution in [3.8, 4) is 0 Å². The molecule has 0 bridgehead atoms. The number of cyclic esters (lactones) is 1. The van der Waals surface area contributed by atoms with Gasteiger partial charge in [0.05, 0.1) is 11.7 Å². The first kappa shape index (κ1) is 13.3. The van der Waals surface area contributed by atoms with Gasteiger partial charge in [-0.05, 0) is 30.4 Å². The normalized spacial score (nSPS) is 16.6. The molecule has 98 valence electrons. The molecule has 0 fully saturated rings. The fraction of sp³-hybridized carbons (Fsp3) is 0.235. The monoisotopic (exact) mass is 254 g/mol. The summed E-state index contributed by atoms with van der Waals surface area (Å²) in [6.45, 7) is 7.52. The number of esters is 1. The van der Waals surface area contributed by atoms with Gasteiger partial charge in [-0.25, -0.2) is 0 Å². The number of hydrogen-bond acceptors (Lipinski definition) is 2. The summed E-state index contributed by atoms with van der Waals surface area (Å²) >= 11 is 0. The predicted molar refractivity (Wildman–Crippen MR) is 76.4 cm³/mol. The SMILES string of the molecule is C=CCC1(CC=C)C(=O)OC=C1Cc1ccccc1. The van der Waals surface area contributed by atoms with Crippen molar-refractivity contribution in [2.45, 2.75) is 19.3 Å². The molecule has 0 amide bonds. The maximum absolute atomic E-state index is 12.1. The Kier molecular flexibility index (Phi) is 4.00. The van der Waals surface area contributed by atoms with Crippen LogP contribution >= 0.6 is 0 Å². The summed E-state index contributed by atoms with van der Waals surface area (Å²) < 4.78 is 5.16. The second-order valence-corrected chi connectivity index (χ2v) is 4.78. The molecule has 1 aliphatic rings. The second kappa shape index (κ2) is 5.70. The molecule has 1 heterocycles. The molecule has 1 aromatic carbocycles. The van der Waals surface area contributed by atoms with Gasteiger partial charge < -0.3 is 4.74 Å². The Hall–Kier alpha value is -2.09. The van der Waals surface area contributed by atoms with Gasteiger partial charge in [-0.15, -0.1) is 13.2 Å². The summed E-state index contributed by atoms with van der Waals surface area (Å²) in [5.74, 6) is -0.196. The molecular weight excluding hydrogens is 236 g/mol. The first-order valence-electron chi connectivity index (χ1n) is 6.39. The smallest absolute Gasteiger partial charge is 0.321 e. The molecule has 0 N–H and O–H groups in total. The topological polar surface area (TPSA) is 26.3 Å². The number of carbonyl (C=O) groups is 1. The van der Waals surface area contributed by atoms with Crippen LogP contribution in [0, 0.1) is 5.41 Å². The number of rotatable bonds is 6. The van der Waals surface area contributed by atoms with Crippen LogP contribution in [0.15, 0.2) is 67.5 Å². The van der Waals surface area contributed by atoms with E-state index in [4.69, 9.17) is 4.74 Å². The van der Waals surface area contributed by atoms with Crippen molar-refractivity contribution in [2.75, 3.05) is 0 Å². The summed E-state index contributed by atoms with van der Waals surface area (Å²) in [4.78, 5) is 12.1. The Morgan fingerprint density at radius 3 is 2.32 bits per heavy atom. The highest BCUT2D eigenvalue weighted by Crippen LogP contribution is 2.43. The highest BCUT2D eigenvalue weighted by atomic mass is 16.5. The molecule has 2 rings (SSSR count). The van der Waals surface area contributed by atoms with Crippen molar-refractivity contribution >= 4 is 5.97 Å². The van der Waals surface area contributed by atoms with Crippen LogP contribution in [0.2, 0.25) is 0 Å². The first-order valence-corrected chi connectivity index (χ1v) is 6.39. The molecule has 0 unspecified atom stereocenters. The van der Waals surface area contributed by atoms with E-state index in [1.165, 1.54) is 5.56 Å². The van der Waals surface area contributed by atoms with E-state index >= 15 is 0 Å². The van der Waals surface area contributed by atoms with E-state index in [9.17, 15) is 4.79 Å². The van der Waals surface area contributed by atoms with Gasteiger partial charge >= 0.3 is 5.97 Å². The van der Waals surface area contributed by atoms with E-state index in [0.29, 0.717) is 19.3 Å². The minimum Gasteiger partial charge on any atom is -0.434 e. The standard InChI is InChI=1S/C17H18O2/c1-3-10-17(11-4-2)15(13-19-16(17)18)12-14-8-6-5-7-9-14/h3-9,13H,1-2,10-12H2. The molecule has 0 aliphatic carbocycles. The van der Waals surface area contributed by atoms with Crippen LogP contribution in [0.5, 0.6) is 0 Å². The van der Waals surface area contributed by atoms with Gasteiger partial charge in [-0.2, -0.15) is 0 Å². The maximum atomic E-state index is 12.1. The van der Waals surface area contributed by atoms with Crippen LogP contribution in [0.25, 0.3) is 0 Å². The summed E-state index contributed by atoms with van der Waals surface area (Å²) in [5.41, 5.74) is 1.56. The highest BCUT2D eigenvalue weighted by molar-refractivity contribution is 5.84. The van der Waals surface area contributed by atoms with E-state index in [2.05, 4.69) is 25.3 Å². The fourth-order valence-electron chi connectivity index (χ4n) is 2.51. The molecule has 2 heteroatoms. The second-order valence-electron chi connectivity index (χ2n) is 4.78. The lowest BCUT2D eigenvalue weighted by Crippen LogP contribution is -2.29. The average molecular weight is 254 g/mol. The van der Waals surface area contributed by atoms with E-state index in [1.807, 2.05) is 18.2 Å². The molecule has 1 aromatic rings. The zero-order chi connectivity index (χ0) is 13.7. The van der Waals surface area contributed by atoms with Crippen molar-refractivity contribution in [3.63, 3.8) is 0 Å². The molecule has 0 saturated heterocycles. The highest BCUT2D eigenvalue weighted by Gasteiger charge is 2.45. The maximum Gasteiger partial charge on any atom is 0.321 e. The lowest BCUT2D eigenvalue weighted by atomic mass is 9.74. The van der Waals surface area contributed by atoms with Crippen molar-refractivity contribution in [2.24, 2.45) is 5.41 Å². The largest absolute Gasteiger partial charge is 0.434 e. The number of benzene rings is 1. The minimum absolute atomic E-state index is 0.196. The van der Waals surface area contributed by atoms with Crippen LogP contribution in [0.4, 0.5) is 0 Å². The molecule has 1 aliphatic heterocycles. The summed E-state index contributed by atoms with van der Waals surface area (Å²) in [5, 5.41) is 0. The van der Waals surface area contributed by atoms with Crippen LogP contribution in [0.1, 0.15) is 18.4 Å². The summed E-state index contributed by atoms with van der Waals surface area (Å²) in [6.07, 6.45) is 7.02. The molecule has 0 radical (unpaired) electrons. The lowest BCUT2D eigenvalue weighted by Gasteiger charge is -2.26. The third-order valence-electron chi connectivity index (χ3n) is 3.54. The zero-order valence-corrected chi connectivity index (χ0v) is 11.0. The van der Waals surface area contributed by atoms with Gasteiger partial charge in [0, 0.05) is 0 Å². The van der Waals surface area contributed by atoms with Crippen LogP contribution < -0.4 is 0 Å². The Morgan fingerprint density at radius 2 is 1.74 bits per heavy atom. The van der Waals surface area contributed by atoms with E-state index in [0.717, 1.165) is 5.57 Å². The first-order chi connectivity index (χ1) is 9.23. The van der Waals surface area contributed by atoms with Gasteiger partial charge in [0.1, 0.15) is 0 Å². The van der Waals surface area contributed by atoms with Crippen LogP contribution in [-0.4, -0.2) is 5.97 Å². The Bertz CT molecular complexity index is 501. The molecule has 0 atom stereocenters. The van der Waals surface area contributed by atoms with Crippen molar-refractivity contribution in [3.05, 3.63) is 73.0 Å². The fourth-order valence-corrected chi connectivity index (χ4v) is 2.51. The number of hydrogen-bond donors (Lipinski definition) is 0. The van der Waals surface area contributed by atoms with Crippen LogP contribution in [0.3, 0.4) is 0 Å². The van der Waals surface area contributed by atoms with Gasteiger partial charge in [-0.3, -0.25) is 4.79 Å². The van der Waals surface area contributed by atoms with Crippen molar-refractivity contribution < 1.29 is 9.53 Å². The van der Waals surface area contributed by atoms with Gasteiger partial charge in [-0.1, -0.05) is 42.5 Å². The molecule has 19 heavy (non-hydrogen) atoms. The number of allylic oxidation sites excluding steroid dienone is 2. The quantitative estimate of drug-likeness (QED) is 0.570. The van der Waals surface area contributed by atoms with Crippen LogP contribution in [-0.2, 0) is 16.0 Å². The van der Waals surface area contributed by atoms with E-state index in [-0.39, 0.29) is 5.97 Å². The predicted octanol–water partition coefficient (Wildman–Crippen LogP) is 3.81. The number of ether oxygens (including phenoxy) is 1. The zero-order valence-electron chi connectivity index (χ0n) is 11.0. The van der Waals surface area contributed by atoms with Crippen molar-refractivity contribution in [1.82, 2.24) is 0 Å². The molecular formula is C17H18O2. The van der Waals surface area contributed by atoms with Gasteiger partial charge in [0.15, 0.2) is 0 Å². The molecule has 2 nitrogen and oxygen atoms in total. The summed E-state index contributed by atoms with van der Waals surface area (Å²) in [6, 6.07) is 10.1. The number of carbonyl (C=O) groups excluding carboxylic acids is 1. The summed E-state index contributed by atoms with van der Waals surface area (Å²) in [7, 11) is 0. The Balaban J connectivity index is 2.29. The minimum atomic E-state index is -0.612. The van der Waals surface area contributed by atoms with E-state index < -0.39 is 5.41 Å². The Labute approximate surface area is 114 Å². The Morgan fingerprint density at radius 1 is 1.11 bits per heavy atom. The molecule has 0 aromatic heterocycles. The molecule has 0 spiro atoms. The third kappa shape index (κ3) is 2.53. The lowest BCUT2D eigenvalue weighted by molar-refractivity contribution is -0.144. The molecule has 0 saturated carbocycles.